The van der Waals surface area contributed by atoms with Gasteiger partial charge in [0.05, 0.1) is 17.5 Å². The molecule has 0 bridgehead atoms. The molecule has 0 aliphatic heterocycles. The molecule has 0 fully saturated rings. The second-order valence-corrected chi connectivity index (χ2v) is 2.62. The number of hydrogen-bond donors (Lipinski definition) is 1. The third-order valence-electron chi connectivity index (χ3n) is 1.42. The van der Waals surface area contributed by atoms with Crippen LogP contribution in [0.3, 0.4) is 0 Å². The summed E-state index contributed by atoms with van der Waals surface area (Å²) in [5.41, 5.74) is 5.93. The number of nitrogens with two attached hydrogens (primary N) is 1. The predicted molar refractivity (Wildman–Crippen MR) is 43.6 cm³/mol. The molecule has 0 saturated carbocycles. The van der Waals surface area contributed by atoms with Crippen LogP contribution in [0.4, 0.5) is 5.69 Å². The first-order valence-corrected chi connectivity index (χ1v) is 3.60. The standard InChI is InChI=1S/C7H5ClN2O2/c8-4-1-2-11-6(4)7-5(9)3-10-12-7/h1-3H,9H2. The zero-order chi connectivity index (χ0) is 8.55. The van der Waals surface area contributed by atoms with Gasteiger partial charge in [0.25, 0.3) is 0 Å². The molecule has 0 saturated heterocycles. The van der Waals surface area contributed by atoms with Crippen LogP contribution in [0, 0.1) is 0 Å². The molecule has 2 aromatic rings. The molecule has 0 amide bonds. The van der Waals surface area contributed by atoms with Gasteiger partial charge in [-0.15, -0.1) is 0 Å². The molecule has 0 aromatic carbocycles. The minimum atomic E-state index is 0.366. The second kappa shape index (κ2) is 2.57. The molecule has 12 heavy (non-hydrogen) atoms. The third kappa shape index (κ3) is 0.967. The van der Waals surface area contributed by atoms with E-state index in [1.165, 1.54) is 12.5 Å². The predicted octanol–water partition coefficient (Wildman–Crippen LogP) is 2.17. The van der Waals surface area contributed by atoms with Crippen molar-refractivity contribution in [1.29, 1.82) is 0 Å². The first-order valence-electron chi connectivity index (χ1n) is 3.22. The van der Waals surface area contributed by atoms with Gasteiger partial charge in [0, 0.05) is 0 Å². The van der Waals surface area contributed by atoms with Gasteiger partial charge in [0.15, 0.2) is 5.76 Å². The van der Waals surface area contributed by atoms with Gasteiger partial charge in [0.2, 0.25) is 5.76 Å². The molecular weight excluding hydrogens is 180 g/mol. The van der Waals surface area contributed by atoms with Gasteiger partial charge >= 0.3 is 0 Å². The summed E-state index contributed by atoms with van der Waals surface area (Å²) in [4.78, 5) is 0. The number of halogens is 1. The number of furan rings is 1. The summed E-state index contributed by atoms with van der Waals surface area (Å²) in [6, 6.07) is 1.61. The molecule has 62 valence electrons. The van der Waals surface area contributed by atoms with Crippen LogP contribution in [0.15, 0.2) is 27.5 Å². The van der Waals surface area contributed by atoms with Crippen molar-refractivity contribution in [3.05, 3.63) is 23.5 Å². The first-order chi connectivity index (χ1) is 5.79. The van der Waals surface area contributed by atoms with Gasteiger partial charge in [-0.2, -0.15) is 0 Å². The summed E-state index contributed by atoms with van der Waals surface area (Å²) >= 11 is 5.77. The number of rotatable bonds is 1. The van der Waals surface area contributed by atoms with Crippen molar-refractivity contribution >= 4 is 17.3 Å². The van der Waals surface area contributed by atoms with E-state index in [1.807, 2.05) is 0 Å². The molecule has 4 nitrogen and oxygen atoms in total. The normalized spacial score (nSPS) is 10.4. The molecule has 5 heteroatoms. The molecule has 0 radical (unpaired) electrons. The number of nitrogen functional groups attached to an aromatic ring is 1. The fourth-order valence-electron chi connectivity index (χ4n) is 0.875. The average molecular weight is 185 g/mol. The largest absolute Gasteiger partial charge is 0.459 e. The molecule has 0 atom stereocenters. The van der Waals surface area contributed by atoms with Crippen molar-refractivity contribution in [1.82, 2.24) is 5.16 Å². The van der Waals surface area contributed by atoms with Gasteiger partial charge in [-0.1, -0.05) is 16.8 Å². The first kappa shape index (κ1) is 7.24. The molecule has 0 aliphatic carbocycles. The molecule has 0 spiro atoms. The van der Waals surface area contributed by atoms with E-state index < -0.39 is 0 Å². The van der Waals surface area contributed by atoms with Crippen LogP contribution in [0.2, 0.25) is 5.02 Å². The molecule has 0 unspecified atom stereocenters. The van der Waals surface area contributed by atoms with E-state index in [2.05, 4.69) is 5.16 Å². The third-order valence-corrected chi connectivity index (χ3v) is 1.72. The fraction of sp³-hybridized carbons (Fsp3) is 0. The Morgan fingerprint density at radius 1 is 1.42 bits per heavy atom. The fourth-order valence-corrected chi connectivity index (χ4v) is 1.06. The van der Waals surface area contributed by atoms with Crippen molar-refractivity contribution in [3.8, 4) is 11.5 Å². The van der Waals surface area contributed by atoms with Crippen molar-refractivity contribution in [2.75, 3.05) is 5.73 Å². The summed E-state index contributed by atoms with van der Waals surface area (Å²) < 4.78 is 9.88. The number of aromatic nitrogens is 1. The van der Waals surface area contributed by atoms with Crippen molar-refractivity contribution < 1.29 is 8.94 Å². The Balaban J connectivity index is 2.57. The van der Waals surface area contributed by atoms with E-state index >= 15 is 0 Å². The van der Waals surface area contributed by atoms with Crippen LogP contribution in [0.25, 0.3) is 11.5 Å². The zero-order valence-corrected chi connectivity index (χ0v) is 6.71. The molecule has 2 heterocycles. The van der Waals surface area contributed by atoms with Crippen LogP contribution in [0.1, 0.15) is 0 Å². The average Bonchev–Trinajstić information content (AvgIpc) is 2.59. The van der Waals surface area contributed by atoms with Crippen molar-refractivity contribution in [2.24, 2.45) is 0 Å². The maximum Gasteiger partial charge on any atom is 0.226 e. The van der Waals surface area contributed by atoms with Crippen LogP contribution < -0.4 is 5.73 Å². The second-order valence-electron chi connectivity index (χ2n) is 2.21. The van der Waals surface area contributed by atoms with Crippen LogP contribution in [0.5, 0.6) is 0 Å². The van der Waals surface area contributed by atoms with Crippen molar-refractivity contribution in [3.63, 3.8) is 0 Å². The molecule has 2 aromatic heterocycles. The van der Waals surface area contributed by atoms with Gasteiger partial charge in [0.1, 0.15) is 5.69 Å². The molecular formula is C7H5ClN2O2. The Morgan fingerprint density at radius 2 is 2.25 bits per heavy atom. The van der Waals surface area contributed by atoms with E-state index in [4.69, 9.17) is 26.3 Å². The lowest BCUT2D eigenvalue weighted by molar-refractivity contribution is 0.418. The highest BCUT2D eigenvalue weighted by atomic mass is 35.5. The number of hydrogen-bond acceptors (Lipinski definition) is 4. The summed E-state index contributed by atoms with van der Waals surface area (Å²) in [5.74, 6) is 0.775. The maximum atomic E-state index is 5.77. The molecule has 2 rings (SSSR count). The Hall–Kier alpha value is -1.42. The Labute approximate surface area is 72.9 Å². The number of nitrogens with zero attached hydrogens (tertiary/aromatic N) is 1. The minimum absolute atomic E-state index is 0.366. The summed E-state index contributed by atoms with van der Waals surface area (Å²) in [6.07, 6.45) is 2.85. The zero-order valence-electron chi connectivity index (χ0n) is 5.95. The summed E-state index contributed by atoms with van der Waals surface area (Å²) in [6.45, 7) is 0. The smallest absolute Gasteiger partial charge is 0.226 e. The Kier molecular flexibility index (Phi) is 1.55. The lowest BCUT2D eigenvalue weighted by Gasteiger charge is -1.90. The van der Waals surface area contributed by atoms with E-state index in [9.17, 15) is 0 Å². The van der Waals surface area contributed by atoms with Crippen molar-refractivity contribution in [2.45, 2.75) is 0 Å². The van der Waals surface area contributed by atoms with E-state index in [-0.39, 0.29) is 0 Å². The highest BCUT2D eigenvalue weighted by Crippen LogP contribution is 2.32. The van der Waals surface area contributed by atoms with Gasteiger partial charge in [-0.3, -0.25) is 0 Å². The lowest BCUT2D eigenvalue weighted by Crippen LogP contribution is -1.82. The number of anilines is 1. The summed E-state index contributed by atoms with van der Waals surface area (Å²) in [5, 5.41) is 3.96. The van der Waals surface area contributed by atoms with E-state index in [0.717, 1.165) is 0 Å². The van der Waals surface area contributed by atoms with Crippen LogP contribution in [-0.2, 0) is 0 Å². The maximum absolute atomic E-state index is 5.77. The summed E-state index contributed by atoms with van der Waals surface area (Å²) in [7, 11) is 0. The highest BCUT2D eigenvalue weighted by Gasteiger charge is 2.14. The highest BCUT2D eigenvalue weighted by molar-refractivity contribution is 6.32. The quantitative estimate of drug-likeness (QED) is 0.738. The monoisotopic (exact) mass is 184 g/mol. The Morgan fingerprint density at radius 3 is 2.75 bits per heavy atom. The lowest BCUT2D eigenvalue weighted by atomic mass is 10.3. The van der Waals surface area contributed by atoms with E-state index in [1.54, 1.807) is 6.07 Å². The SMILES string of the molecule is Nc1cnoc1-c1occc1Cl. The van der Waals surface area contributed by atoms with Crippen LogP contribution >= 0.6 is 11.6 Å². The molecule has 2 N–H and O–H groups in total. The topological polar surface area (TPSA) is 65.2 Å². The van der Waals surface area contributed by atoms with Crippen LogP contribution in [-0.4, -0.2) is 5.16 Å². The van der Waals surface area contributed by atoms with Gasteiger partial charge in [-0.25, -0.2) is 0 Å². The van der Waals surface area contributed by atoms with Gasteiger partial charge < -0.3 is 14.7 Å². The van der Waals surface area contributed by atoms with E-state index in [0.29, 0.717) is 22.2 Å². The molecule has 0 aliphatic rings. The van der Waals surface area contributed by atoms with Gasteiger partial charge in [-0.05, 0) is 6.07 Å². The minimum Gasteiger partial charge on any atom is -0.459 e. The Bertz CT molecular complexity index is 355.